The summed E-state index contributed by atoms with van der Waals surface area (Å²) in [6.45, 7) is 5.25. The highest BCUT2D eigenvalue weighted by atomic mass is 16.1. The first-order valence-electron chi connectivity index (χ1n) is 3.04. The molecule has 0 fully saturated rings. The predicted octanol–water partition coefficient (Wildman–Crippen LogP) is 1.39. The number of carbonyl (C=O) groups excluding carboxylic acids is 1. The average Bonchev–Trinajstić information content (AvgIpc) is 1.87. The van der Waals surface area contributed by atoms with E-state index in [1.165, 1.54) is 6.92 Å². The second-order valence-corrected chi connectivity index (χ2v) is 1.81. The van der Waals surface area contributed by atoms with Gasteiger partial charge in [0, 0.05) is 6.21 Å². The van der Waals surface area contributed by atoms with Gasteiger partial charge < -0.3 is 0 Å². The van der Waals surface area contributed by atoms with Gasteiger partial charge in [-0.05, 0) is 13.0 Å². The maximum absolute atomic E-state index is 10.3. The van der Waals surface area contributed by atoms with Gasteiger partial charge in [-0.3, -0.25) is 9.79 Å². The second-order valence-electron chi connectivity index (χ2n) is 1.81. The standard InChI is InChI=1S/C8H11NO/c1-3-4-5-6-9-7-8(2)10/h3-6H,1,7H2,2H3/b5-4-,9-6-. The Kier molecular flexibility index (Phi) is 5.25. The molecule has 0 heterocycles. The summed E-state index contributed by atoms with van der Waals surface area (Å²) in [6, 6.07) is 0. The van der Waals surface area contributed by atoms with E-state index in [1.807, 2.05) is 0 Å². The first-order chi connectivity index (χ1) is 4.77. The smallest absolute Gasteiger partial charge is 0.151 e. The van der Waals surface area contributed by atoms with E-state index in [0.717, 1.165) is 0 Å². The van der Waals surface area contributed by atoms with Crippen molar-refractivity contribution in [2.24, 2.45) is 4.99 Å². The van der Waals surface area contributed by atoms with Crippen LogP contribution in [0.3, 0.4) is 0 Å². The largest absolute Gasteiger partial charge is 0.298 e. The highest BCUT2D eigenvalue weighted by Crippen LogP contribution is 1.73. The zero-order valence-corrected chi connectivity index (χ0v) is 6.08. The molecule has 0 rings (SSSR count). The first-order valence-corrected chi connectivity index (χ1v) is 3.04. The summed E-state index contributed by atoms with van der Waals surface area (Å²) in [6.07, 6.45) is 6.72. The molecule has 0 amide bonds. The SMILES string of the molecule is C=C/C=C\C=N/CC(C)=O. The van der Waals surface area contributed by atoms with E-state index in [4.69, 9.17) is 0 Å². The Morgan fingerprint density at radius 2 is 2.30 bits per heavy atom. The lowest BCUT2D eigenvalue weighted by atomic mass is 10.4. The number of hydrogen-bond acceptors (Lipinski definition) is 2. The molecule has 10 heavy (non-hydrogen) atoms. The van der Waals surface area contributed by atoms with Crippen molar-refractivity contribution in [2.45, 2.75) is 6.92 Å². The number of nitrogens with zero attached hydrogens (tertiary/aromatic N) is 1. The van der Waals surface area contributed by atoms with Crippen LogP contribution in [0.5, 0.6) is 0 Å². The zero-order chi connectivity index (χ0) is 7.82. The topological polar surface area (TPSA) is 29.4 Å². The maximum atomic E-state index is 10.3. The fourth-order valence-electron chi connectivity index (χ4n) is 0.370. The highest BCUT2D eigenvalue weighted by Gasteiger charge is 1.83. The average molecular weight is 137 g/mol. The van der Waals surface area contributed by atoms with Gasteiger partial charge in [-0.25, -0.2) is 0 Å². The third-order valence-corrected chi connectivity index (χ3v) is 0.753. The summed E-state index contributed by atoms with van der Waals surface area (Å²) in [5, 5.41) is 0. The van der Waals surface area contributed by atoms with E-state index in [2.05, 4.69) is 11.6 Å². The van der Waals surface area contributed by atoms with Gasteiger partial charge in [0.25, 0.3) is 0 Å². The number of Topliss-reactive ketones (excluding diaryl/α,β-unsaturated/α-hetero) is 1. The van der Waals surface area contributed by atoms with E-state index in [0.29, 0.717) is 0 Å². The molecule has 0 spiro atoms. The van der Waals surface area contributed by atoms with Crippen LogP contribution in [0, 0.1) is 0 Å². The van der Waals surface area contributed by atoms with Gasteiger partial charge in [-0.1, -0.05) is 18.7 Å². The van der Waals surface area contributed by atoms with E-state index in [-0.39, 0.29) is 12.3 Å². The van der Waals surface area contributed by atoms with E-state index in [1.54, 1.807) is 24.4 Å². The molecule has 0 aliphatic rings. The van der Waals surface area contributed by atoms with Crippen LogP contribution in [0.1, 0.15) is 6.92 Å². The number of ketones is 1. The van der Waals surface area contributed by atoms with Crippen LogP contribution in [0.25, 0.3) is 0 Å². The van der Waals surface area contributed by atoms with Crippen molar-refractivity contribution >= 4 is 12.0 Å². The lowest BCUT2D eigenvalue weighted by Crippen LogP contribution is -1.93. The van der Waals surface area contributed by atoms with Crippen LogP contribution in [0.2, 0.25) is 0 Å². The molecule has 0 aromatic carbocycles. The summed E-state index contributed by atoms with van der Waals surface area (Å²) in [5.74, 6) is 0.0725. The van der Waals surface area contributed by atoms with Gasteiger partial charge in [0.2, 0.25) is 0 Å². The summed E-state index contributed by atoms with van der Waals surface area (Å²) in [5.41, 5.74) is 0. The lowest BCUT2D eigenvalue weighted by molar-refractivity contribution is -0.115. The maximum Gasteiger partial charge on any atom is 0.151 e. The van der Waals surface area contributed by atoms with Crippen LogP contribution in [-0.4, -0.2) is 18.5 Å². The molecule has 0 aromatic heterocycles. The van der Waals surface area contributed by atoms with Crippen LogP contribution in [0.4, 0.5) is 0 Å². The molecular weight excluding hydrogens is 126 g/mol. The molecule has 0 bridgehead atoms. The fourth-order valence-corrected chi connectivity index (χ4v) is 0.370. The summed E-state index contributed by atoms with van der Waals surface area (Å²) in [7, 11) is 0. The van der Waals surface area contributed by atoms with Crippen LogP contribution < -0.4 is 0 Å². The van der Waals surface area contributed by atoms with Gasteiger partial charge >= 0.3 is 0 Å². The zero-order valence-electron chi connectivity index (χ0n) is 6.08. The molecule has 0 aliphatic carbocycles. The second kappa shape index (κ2) is 5.95. The highest BCUT2D eigenvalue weighted by molar-refractivity contribution is 5.81. The van der Waals surface area contributed by atoms with Crippen molar-refractivity contribution in [3.63, 3.8) is 0 Å². The number of aliphatic imine (C=N–C) groups is 1. The van der Waals surface area contributed by atoms with Crippen molar-refractivity contribution in [1.29, 1.82) is 0 Å². The minimum atomic E-state index is 0.0725. The molecule has 0 aromatic rings. The first kappa shape index (κ1) is 8.82. The Balaban J connectivity index is 3.46. The van der Waals surface area contributed by atoms with Gasteiger partial charge in [0.15, 0.2) is 5.78 Å². The number of allylic oxidation sites excluding steroid dienone is 3. The molecule has 2 nitrogen and oxygen atoms in total. The predicted molar refractivity (Wildman–Crippen MR) is 43.4 cm³/mol. The number of hydrogen-bond donors (Lipinski definition) is 0. The minimum Gasteiger partial charge on any atom is -0.298 e. The Hall–Kier alpha value is -1.18. The minimum absolute atomic E-state index is 0.0725. The Bertz CT molecular complexity index is 168. The molecule has 2 heteroatoms. The molecule has 0 saturated carbocycles. The number of rotatable bonds is 4. The molecule has 0 unspecified atom stereocenters. The van der Waals surface area contributed by atoms with Crippen LogP contribution in [-0.2, 0) is 4.79 Å². The molecule has 0 atom stereocenters. The summed E-state index contributed by atoms with van der Waals surface area (Å²) >= 11 is 0. The van der Waals surface area contributed by atoms with E-state index in [9.17, 15) is 4.79 Å². The molecule has 0 aliphatic heterocycles. The summed E-state index contributed by atoms with van der Waals surface area (Å²) < 4.78 is 0. The molecular formula is C8H11NO. The molecule has 0 N–H and O–H groups in total. The lowest BCUT2D eigenvalue weighted by Gasteiger charge is -1.80. The van der Waals surface area contributed by atoms with Crippen molar-refractivity contribution in [2.75, 3.05) is 6.54 Å². The molecule has 54 valence electrons. The van der Waals surface area contributed by atoms with Gasteiger partial charge in [-0.2, -0.15) is 0 Å². The van der Waals surface area contributed by atoms with E-state index < -0.39 is 0 Å². The van der Waals surface area contributed by atoms with Gasteiger partial charge in [-0.15, -0.1) is 0 Å². The van der Waals surface area contributed by atoms with Crippen molar-refractivity contribution in [3.8, 4) is 0 Å². The summed E-state index contributed by atoms with van der Waals surface area (Å²) in [4.78, 5) is 14.1. The Morgan fingerprint density at radius 3 is 2.80 bits per heavy atom. The quantitative estimate of drug-likeness (QED) is 0.425. The molecule has 0 radical (unpaired) electrons. The van der Waals surface area contributed by atoms with Crippen molar-refractivity contribution in [3.05, 3.63) is 24.8 Å². The fraction of sp³-hybridized carbons (Fsp3) is 0.250. The molecule has 0 saturated heterocycles. The normalized spacial score (nSPS) is 10.9. The number of carbonyl (C=O) groups is 1. The van der Waals surface area contributed by atoms with Crippen molar-refractivity contribution < 1.29 is 4.79 Å². The van der Waals surface area contributed by atoms with Gasteiger partial charge in [0.05, 0.1) is 6.54 Å². The van der Waals surface area contributed by atoms with E-state index >= 15 is 0 Å². The van der Waals surface area contributed by atoms with Crippen molar-refractivity contribution in [1.82, 2.24) is 0 Å². The van der Waals surface area contributed by atoms with Crippen LogP contribution >= 0.6 is 0 Å². The monoisotopic (exact) mass is 137 g/mol. The Labute approximate surface area is 61.0 Å². The third-order valence-electron chi connectivity index (χ3n) is 0.753. The van der Waals surface area contributed by atoms with Crippen LogP contribution in [0.15, 0.2) is 29.8 Å². The Morgan fingerprint density at radius 1 is 1.60 bits per heavy atom. The third kappa shape index (κ3) is 6.82. The van der Waals surface area contributed by atoms with Gasteiger partial charge in [0.1, 0.15) is 0 Å².